The van der Waals surface area contributed by atoms with Gasteiger partial charge in [-0.1, -0.05) is 0 Å². The summed E-state index contributed by atoms with van der Waals surface area (Å²) in [6.07, 6.45) is 9.31. The Balaban J connectivity index is 0.910. The summed E-state index contributed by atoms with van der Waals surface area (Å²) < 4.78 is 5.80. The first-order chi connectivity index (χ1) is 16.5. The fourth-order valence-electron chi connectivity index (χ4n) is 8.51. The van der Waals surface area contributed by atoms with Crippen molar-refractivity contribution in [3.8, 4) is 0 Å². The van der Waals surface area contributed by atoms with Gasteiger partial charge in [0.2, 0.25) is 0 Å². The number of aromatic nitrogens is 3. The molecule has 8 heteroatoms. The smallest absolute Gasteiger partial charge is 0.409 e. The van der Waals surface area contributed by atoms with E-state index in [0.717, 1.165) is 29.7 Å². The molecular weight excluding hydrogens is 430 g/mol. The number of hydrogen-bond donors (Lipinski definition) is 1. The van der Waals surface area contributed by atoms with E-state index in [1.54, 1.807) is 6.07 Å². The zero-order valence-corrected chi connectivity index (χ0v) is 19.6. The van der Waals surface area contributed by atoms with E-state index in [-0.39, 0.29) is 12.0 Å². The van der Waals surface area contributed by atoms with Gasteiger partial charge in [-0.15, -0.1) is 0 Å². The third-order valence-corrected chi connectivity index (χ3v) is 9.62. The van der Waals surface area contributed by atoms with Crippen LogP contribution in [0.3, 0.4) is 0 Å². The van der Waals surface area contributed by atoms with E-state index >= 15 is 0 Å². The summed E-state index contributed by atoms with van der Waals surface area (Å²) in [5.74, 6) is 3.49. The van der Waals surface area contributed by atoms with Gasteiger partial charge >= 0.3 is 6.09 Å². The van der Waals surface area contributed by atoms with Crippen molar-refractivity contribution in [3.05, 3.63) is 23.8 Å². The van der Waals surface area contributed by atoms with Crippen LogP contribution in [-0.4, -0.2) is 70.0 Å². The lowest BCUT2D eigenvalue weighted by molar-refractivity contribution is -0.0652. The van der Waals surface area contributed by atoms with Crippen molar-refractivity contribution in [1.29, 1.82) is 0 Å². The summed E-state index contributed by atoms with van der Waals surface area (Å²) in [6, 6.07) is 5.43. The predicted molar refractivity (Wildman–Crippen MR) is 125 cm³/mol. The van der Waals surface area contributed by atoms with Crippen LogP contribution >= 0.6 is 0 Å². The van der Waals surface area contributed by atoms with Crippen LogP contribution in [0.2, 0.25) is 0 Å². The van der Waals surface area contributed by atoms with Gasteiger partial charge in [-0.2, -0.15) is 15.4 Å². The Kier molecular flexibility index (Phi) is 4.68. The van der Waals surface area contributed by atoms with Gasteiger partial charge in [0.15, 0.2) is 0 Å². The van der Waals surface area contributed by atoms with Gasteiger partial charge in [0.1, 0.15) is 11.0 Å². The van der Waals surface area contributed by atoms with Gasteiger partial charge in [-0.05, 0) is 86.3 Å². The molecule has 4 saturated carbocycles. The van der Waals surface area contributed by atoms with Gasteiger partial charge in [-0.3, -0.25) is 4.79 Å². The Morgan fingerprint density at radius 1 is 0.912 bits per heavy atom. The second kappa shape index (κ2) is 7.68. The lowest BCUT2D eigenvalue weighted by Crippen LogP contribution is -2.46. The quantitative estimate of drug-likeness (QED) is 0.747. The monoisotopic (exact) mass is 463 g/mol. The molecule has 4 aliphatic carbocycles. The van der Waals surface area contributed by atoms with E-state index in [1.807, 2.05) is 21.9 Å². The molecule has 4 bridgehead atoms. The van der Waals surface area contributed by atoms with Crippen LogP contribution in [-0.2, 0) is 4.74 Å². The van der Waals surface area contributed by atoms with Gasteiger partial charge < -0.3 is 14.5 Å². The lowest BCUT2D eigenvalue weighted by atomic mass is 9.49. The minimum Gasteiger partial charge on any atom is -0.449 e. The molecule has 0 unspecified atom stereocenters. The second-order valence-corrected chi connectivity index (χ2v) is 11.9. The molecule has 0 spiro atoms. The Morgan fingerprint density at radius 3 is 2.21 bits per heavy atom. The second-order valence-electron chi connectivity index (χ2n) is 11.9. The summed E-state index contributed by atoms with van der Waals surface area (Å²) in [5, 5.41) is 10.7. The molecule has 2 atom stereocenters. The number of H-pyrrole nitrogens is 1. The maximum atomic E-state index is 13.0. The molecule has 6 aliphatic rings. The third-order valence-electron chi connectivity index (χ3n) is 9.62. The first-order valence-corrected chi connectivity index (χ1v) is 13.1. The summed E-state index contributed by atoms with van der Waals surface area (Å²) in [7, 11) is 0. The number of amides is 2. The maximum absolute atomic E-state index is 13.0. The van der Waals surface area contributed by atoms with Gasteiger partial charge in [-0.25, -0.2) is 4.79 Å². The fraction of sp³-hybridized carbons (Fsp3) is 0.692. The number of fused-ring (bicyclic) bond motifs is 2. The van der Waals surface area contributed by atoms with Crippen LogP contribution in [0, 0.1) is 35.0 Å². The highest BCUT2D eigenvalue weighted by molar-refractivity contribution is 5.97. The number of nitrogens with zero attached hydrogens (tertiary/aromatic N) is 4. The minimum absolute atomic E-state index is 0.0315. The molecule has 2 saturated heterocycles. The highest BCUT2D eigenvalue weighted by Crippen LogP contribution is 2.61. The van der Waals surface area contributed by atoms with Crippen LogP contribution in [0.5, 0.6) is 0 Å². The van der Waals surface area contributed by atoms with Crippen molar-refractivity contribution in [2.24, 2.45) is 35.0 Å². The molecule has 8 nitrogen and oxygen atoms in total. The van der Waals surface area contributed by atoms with E-state index in [1.165, 1.54) is 38.5 Å². The van der Waals surface area contributed by atoms with Crippen LogP contribution in [0.15, 0.2) is 18.2 Å². The molecule has 3 heterocycles. The van der Waals surface area contributed by atoms with Crippen LogP contribution < -0.4 is 0 Å². The Hall–Kier alpha value is -2.64. The van der Waals surface area contributed by atoms with Gasteiger partial charge in [0.25, 0.3) is 5.91 Å². The molecule has 0 radical (unpaired) electrons. The molecule has 2 aliphatic heterocycles. The molecule has 1 aromatic carbocycles. The zero-order chi connectivity index (χ0) is 22.9. The molecule has 1 aromatic heterocycles. The molecular formula is C26H33N5O3. The van der Waals surface area contributed by atoms with E-state index in [9.17, 15) is 9.59 Å². The van der Waals surface area contributed by atoms with Crippen LogP contribution in [0.1, 0.15) is 55.3 Å². The number of benzene rings is 1. The largest absolute Gasteiger partial charge is 0.449 e. The van der Waals surface area contributed by atoms with Crippen molar-refractivity contribution in [3.63, 3.8) is 0 Å². The number of ether oxygens (including phenoxy) is 1. The summed E-state index contributed by atoms with van der Waals surface area (Å²) >= 11 is 0. The Bertz CT molecular complexity index is 1080. The van der Waals surface area contributed by atoms with Crippen molar-refractivity contribution in [2.45, 2.75) is 44.9 Å². The standard InChI is InChI=1S/C26H33N5O3/c32-24(19-1-2-22-23(8-19)28-29-27-22)30-12-20-14-31(15-21(20)13-30)25(33)34-4-3-26-9-16-5-17(10-26)7-18(6-16)11-26/h1-2,8,16-18,20-21H,3-7,9-15H2,(H,27,28,29)/t16?,17?,18?,20-,21+,26?. The predicted octanol–water partition coefficient (Wildman–Crippen LogP) is 3.70. The normalized spacial score (nSPS) is 35.8. The van der Waals surface area contributed by atoms with E-state index in [2.05, 4.69) is 15.4 Å². The number of nitrogens with one attached hydrogen (secondary N) is 1. The van der Waals surface area contributed by atoms with Crippen LogP contribution in [0.4, 0.5) is 4.79 Å². The number of likely N-dealkylation sites (tertiary alicyclic amines) is 2. The summed E-state index contributed by atoms with van der Waals surface area (Å²) in [4.78, 5) is 29.6. The molecule has 8 rings (SSSR count). The number of rotatable bonds is 4. The van der Waals surface area contributed by atoms with Crippen molar-refractivity contribution >= 4 is 23.0 Å². The maximum Gasteiger partial charge on any atom is 0.409 e. The number of hydrogen-bond acceptors (Lipinski definition) is 5. The number of carbonyl (C=O) groups excluding carboxylic acids is 2. The first kappa shape index (κ1) is 20.7. The average Bonchev–Trinajstić information content (AvgIpc) is 3.51. The van der Waals surface area contributed by atoms with E-state index in [4.69, 9.17) is 4.74 Å². The summed E-state index contributed by atoms with van der Waals surface area (Å²) in [5.41, 5.74) is 2.55. The van der Waals surface area contributed by atoms with E-state index in [0.29, 0.717) is 61.1 Å². The zero-order valence-electron chi connectivity index (χ0n) is 19.6. The Morgan fingerprint density at radius 2 is 1.53 bits per heavy atom. The van der Waals surface area contributed by atoms with Gasteiger partial charge in [0, 0.05) is 43.6 Å². The van der Waals surface area contributed by atoms with Crippen LogP contribution in [0.25, 0.3) is 11.0 Å². The van der Waals surface area contributed by atoms with E-state index < -0.39 is 0 Å². The molecule has 2 aromatic rings. The average molecular weight is 464 g/mol. The minimum atomic E-state index is -0.159. The third kappa shape index (κ3) is 3.48. The van der Waals surface area contributed by atoms with Crippen molar-refractivity contribution < 1.29 is 14.3 Å². The van der Waals surface area contributed by atoms with Crippen molar-refractivity contribution in [1.82, 2.24) is 25.2 Å². The highest BCUT2D eigenvalue weighted by Gasteiger charge is 2.50. The number of carbonyl (C=O) groups is 2. The Labute approximate surface area is 199 Å². The molecule has 6 fully saturated rings. The lowest BCUT2D eigenvalue weighted by Gasteiger charge is -2.57. The SMILES string of the molecule is O=C(OCCC12CC3CC(CC(C3)C1)C2)N1C[C@@H]2CN(C(=O)c3ccc4n[nH]nc4c3)C[C@@H]2C1. The number of aromatic amines is 1. The first-order valence-electron chi connectivity index (χ1n) is 13.1. The molecule has 2 amide bonds. The molecule has 180 valence electrons. The molecule has 1 N–H and O–H groups in total. The van der Waals surface area contributed by atoms with Gasteiger partial charge in [0.05, 0.1) is 6.61 Å². The highest BCUT2D eigenvalue weighted by atomic mass is 16.6. The molecule has 34 heavy (non-hydrogen) atoms. The summed E-state index contributed by atoms with van der Waals surface area (Å²) in [6.45, 7) is 3.32. The topological polar surface area (TPSA) is 91.4 Å². The van der Waals surface area contributed by atoms with Crippen molar-refractivity contribution in [2.75, 3.05) is 32.8 Å². The fourth-order valence-corrected chi connectivity index (χ4v) is 8.51.